The Bertz CT molecular complexity index is 1360. The highest BCUT2D eigenvalue weighted by molar-refractivity contribution is 8.01. The van der Waals surface area contributed by atoms with Crippen molar-refractivity contribution in [2.75, 3.05) is 22.5 Å². The Morgan fingerprint density at radius 1 is 1.09 bits per heavy atom. The van der Waals surface area contributed by atoms with Gasteiger partial charge in [0.05, 0.1) is 23.9 Å². The summed E-state index contributed by atoms with van der Waals surface area (Å²) in [7, 11) is 0. The van der Waals surface area contributed by atoms with Gasteiger partial charge in [-0.2, -0.15) is 5.26 Å². The standard InChI is InChI=1S/C25H18F2N4O2S/c26-18-5-2-6-20(12-18)29-24(33)31-9-10-34-25(31)21-13-19(27)7-8-22(21)30(23(25)32)15-17-4-1-3-16(11-17)14-28/h1-8,11-13H,9-10,15H2,(H,29,33)/t25-/m1/s1. The maximum absolute atomic E-state index is 14.4. The first-order valence-corrected chi connectivity index (χ1v) is 11.5. The van der Waals surface area contributed by atoms with E-state index in [4.69, 9.17) is 0 Å². The van der Waals surface area contributed by atoms with Gasteiger partial charge in [0.1, 0.15) is 11.6 Å². The van der Waals surface area contributed by atoms with E-state index in [0.717, 1.165) is 5.56 Å². The molecule has 3 amide bonds. The highest BCUT2D eigenvalue weighted by Gasteiger charge is 2.59. The molecule has 1 saturated heterocycles. The number of halogens is 2. The van der Waals surface area contributed by atoms with Gasteiger partial charge in [-0.3, -0.25) is 9.69 Å². The van der Waals surface area contributed by atoms with E-state index in [1.807, 2.05) is 0 Å². The minimum absolute atomic E-state index is 0.161. The van der Waals surface area contributed by atoms with Crippen LogP contribution in [0.5, 0.6) is 0 Å². The molecule has 1 fully saturated rings. The lowest BCUT2D eigenvalue weighted by Crippen LogP contribution is -2.51. The second-order valence-corrected chi connectivity index (χ2v) is 9.24. The lowest BCUT2D eigenvalue weighted by molar-refractivity contribution is -0.123. The number of nitrogens with zero attached hydrogens (tertiary/aromatic N) is 3. The van der Waals surface area contributed by atoms with Crippen LogP contribution in [0, 0.1) is 23.0 Å². The average Bonchev–Trinajstić information content (AvgIpc) is 3.36. The topological polar surface area (TPSA) is 76.4 Å². The van der Waals surface area contributed by atoms with Gasteiger partial charge in [0.15, 0.2) is 4.87 Å². The van der Waals surface area contributed by atoms with Crippen molar-refractivity contribution in [2.45, 2.75) is 11.4 Å². The molecule has 0 bridgehead atoms. The molecule has 0 saturated carbocycles. The Kier molecular flexibility index (Phi) is 5.46. The van der Waals surface area contributed by atoms with Crippen LogP contribution in [0.3, 0.4) is 0 Å². The number of carbonyl (C=O) groups excluding carboxylic acids is 2. The quantitative estimate of drug-likeness (QED) is 0.588. The molecular formula is C25H18F2N4O2S. The number of carbonyl (C=O) groups is 2. The van der Waals surface area contributed by atoms with E-state index in [0.29, 0.717) is 22.6 Å². The van der Waals surface area contributed by atoms with Crippen LogP contribution in [0.1, 0.15) is 16.7 Å². The van der Waals surface area contributed by atoms with E-state index in [-0.39, 0.29) is 24.7 Å². The molecule has 1 spiro atoms. The van der Waals surface area contributed by atoms with Crippen molar-refractivity contribution in [3.05, 3.63) is 95.1 Å². The number of benzene rings is 3. The predicted octanol–water partition coefficient (Wildman–Crippen LogP) is 4.82. The van der Waals surface area contributed by atoms with E-state index in [2.05, 4.69) is 11.4 Å². The number of nitriles is 1. The molecule has 0 radical (unpaired) electrons. The fraction of sp³-hybridized carbons (Fsp3) is 0.160. The molecule has 0 unspecified atom stereocenters. The molecule has 2 heterocycles. The van der Waals surface area contributed by atoms with Gasteiger partial charge in [-0.25, -0.2) is 13.6 Å². The number of amides is 3. The first kappa shape index (κ1) is 21.9. The zero-order chi connectivity index (χ0) is 23.9. The number of nitrogens with one attached hydrogen (secondary N) is 1. The van der Waals surface area contributed by atoms with Crippen LogP contribution in [0.4, 0.5) is 25.0 Å². The normalized spacial score (nSPS) is 18.8. The van der Waals surface area contributed by atoms with E-state index >= 15 is 0 Å². The van der Waals surface area contributed by atoms with Gasteiger partial charge < -0.3 is 10.2 Å². The van der Waals surface area contributed by atoms with Crippen LogP contribution in [0.2, 0.25) is 0 Å². The first-order chi connectivity index (χ1) is 16.4. The molecule has 170 valence electrons. The van der Waals surface area contributed by atoms with Crippen LogP contribution in [0.15, 0.2) is 66.7 Å². The predicted molar refractivity (Wildman–Crippen MR) is 125 cm³/mol. The van der Waals surface area contributed by atoms with Crippen molar-refractivity contribution in [1.82, 2.24) is 4.90 Å². The molecule has 6 nitrogen and oxygen atoms in total. The Balaban J connectivity index is 1.53. The van der Waals surface area contributed by atoms with Crippen LogP contribution in [-0.4, -0.2) is 29.1 Å². The summed E-state index contributed by atoms with van der Waals surface area (Å²) < 4.78 is 28.0. The largest absolute Gasteiger partial charge is 0.323 e. The summed E-state index contributed by atoms with van der Waals surface area (Å²) in [6.07, 6.45) is 0. The van der Waals surface area contributed by atoms with E-state index in [1.165, 1.54) is 58.0 Å². The van der Waals surface area contributed by atoms with Gasteiger partial charge in [-0.15, -0.1) is 11.8 Å². The maximum Gasteiger partial charge on any atom is 0.323 e. The van der Waals surface area contributed by atoms with Crippen molar-refractivity contribution < 1.29 is 18.4 Å². The smallest absolute Gasteiger partial charge is 0.308 e. The van der Waals surface area contributed by atoms with Crippen molar-refractivity contribution in [3.63, 3.8) is 0 Å². The molecular weight excluding hydrogens is 458 g/mol. The second-order valence-electron chi connectivity index (χ2n) is 7.95. The number of anilines is 2. The third-order valence-electron chi connectivity index (χ3n) is 5.87. The van der Waals surface area contributed by atoms with Gasteiger partial charge in [-0.05, 0) is 54.1 Å². The van der Waals surface area contributed by atoms with Crippen molar-refractivity contribution in [1.29, 1.82) is 5.26 Å². The minimum Gasteiger partial charge on any atom is -0.308 e. The second kappa shape index (κ2) is 8.47. The molecule has 1 N–H and O–H groups in total. The summed E-state index contributed by atoms with van der Waals surface area (Å²) >= 11 is 1.26. The number of rotatable bonds is 3. The SMILES string of the molecule is N#Cc1cccc(CN2C(=O)[C@]3(SCCN3C(=O)Nc3cccc(F)c3)c3cc(F)ccc32)c1. The fourth-order valence-corrected chi connectivity index (χ4v) is 5.88. The van der Waals surface area contributed by atoms with E-state index < -0.39 is 22.5 Å². The molecule has 0 aliphatic carbocycles. The summed E-state index contributed by atoms with van der Waals surface area (Å²) in [6, 6.07) is 18.0. The van der Waals surface area contributed by atoms with Gasteiger partial charge in [-0.1, -0.05) is 18.2 Å². The Labute approximate surface area is 198 Å². The van der Waals surface area contributed by atoms with E-state index in [9.17, 15) is 23.6 Å². The molecule has 9 heteroatoms. The average molecular weight is 477 g/mol. The molecule has 5 rings (SSSR count). The van der Waals surface area contributed by atoms with Crippen molar-refractivity contribution >= 4 is 35.1 Å². The van der Waals surface area contributed by atoms with Crippen LogP contribution < -0.4 is 10.2 Å². The van der Waals surface area contributed by atoms with E-state index in [1.54, 1.807) is 30.3 Å². The molecule has 2 aliphatic rings. The summed E-state index contributed by atoms with van der Waals surface area (Å²) in [6.45, 7) is 0.417. The zero-order valence-electron chi connectivity index (χ0n) is 17.8. The maximum atomic E-state index is 14.4. The third kappa shape index (κ3) is 3.56. The molecule has 0 aromatic heterocycles. The number of fused-ring (bicyclic) bond motifs is 2. The molecule has 3 aromatic carbocycles. The summed E-state index contributed by atoms with van der Waals surface area (Å²) in [5, 5.41) is 11.9. The first-order valence-electron chi connectivity index (χ1n) is 10.5. The zero-order valence-corrected chi connectivity index (χ0v) is 18.6. The van der Waals surface area contributed by atoms with Crippen LogP contribution >= 0.6 is 11.8 Å². The van der Waals surface area contributed by atoms with Gasteiger partial charge in [0.25, 0.3) is 5.91 Å². The van der Waals surface area contributed by atoms with Crippen LogP contribution in [0.25, 0.3) is 0 Å². The van der Waals surface area contributed by atoms with Crippen molar-refractivity contribution in [3.8, 4) is 6.07 Å². The number of thioether (sulfide) groups is 1. The van der Waals surface area contributed by atoms with Crippen LogP contribution in [-0.2, 0) is 16.2 Å². The fourth-order valence-electron chi connectivity index (χ4n) is 4.42. The molecule has 1 atom stereocenters. The minimum atomic E-state index is -1.44. The molecule has 2 aliphatic heterocycles. The monoisotopic (exact) mass is 476 g/mol. The van der Waals surface area contributed by atoms with Gasteiger partial charge in [0, 0.05) is 23.5 Å². The Morgan fingerprint density at radius 2 is 1.88 bits per heavy atom. The Hall–Kier alpha value is -3.90. The van der Waals surface area contributed by atoms with Gasteiger partial charge >= 0.3 is 6.03 Å². The number of urea groups is 1. The highest BCUT2D eigenvalue weighted by atomic mass is 32.2. The molecule has 34 heavy (non-hydrogen) atoms. The van der Waals surface area contributed by atoms with Gasteiger partial charge in [0.2, 0.25) is 0 Å². The number of hydrogen-bond donors (Lipinski definition) is 1. The summed E-state index contributed by atoms with van der Waals surface area (Å²) in [5.74, 6) is -0.918. The third-order valence-corrected chi connectivity index (χ3v) is 7.29. The highest BCUT2D eigenvalue weighted by Crippen LogP contribution is 2.54. The molecule has 3 aromatic rings. The Morgan fingerprint density at radius 3 is 2.68 bits per heavy atom. The lowest BCUT2D eigenvalue weighted by atomic mass is 10.1. The number of hydrogen-bond acceptors (Lipinski definition) is 4. The lowest BCUT2D eigenvalue weighted by Gasteiger charge is -2.33. The summed E-state index contributed by atoms with van der Waals surface area (Å²) in [5.41, 5.74) is 2.35. The van der Waals surface area contributed by atoms with Crippen molar-refractivity contribution in [2.24, 2.45) is 0 Å². The summed E-state index contributed by atoms with van der Waals surface area (Å²) in [4.78, 5) is 28.6.